The van der Waals surface area contributed by atoms with Crippen molar-refractivity contribution in [3.05, 3.63) is 119 Å². The topological polar surface area (TPSA) is 61.4 Å². The second kappa shape index (κ2) is 13.2. The third kappa shape index (κ3) is 7.01. The number of hydrogen-bond acceptors (Lipinski definition) is 4. The van der Waals surface area contributed by atoms with Gasteiger partial charge in [-0.05, 0) is 105 Å². The number of nitrogens with one attached hydrogen (secondary N) is 1. The average Bonchev–Trinajstić information content (AvgIpc) is 3.32. The molecule has 0 atom stereocenters. The highest BCUT2D eigenvalue weighted by molar-refractivity contribution is 5.93. The maximum atomic E-state index is 11.0. The maximum absolute atomic E-state index is 11.0. The quantitative estimate of drug-likeness (QED) is 0.102. The van der Waals surface area contributed by atoms with Gasteiger partial charge >= 0.3 is 0 Å². The second-order valence-electron chi connectivity index (χ2n) is 10.6. The third-order valence-corrected chi connectivity index (χ3v) is 7.41. The molecule has 5 heteroatoms. The first-order valence-corrected chi connectivity index (χ1v) is 14.1. The predicted octanol–water partition coefficient (Wildman–Crippen LogP) is 7.88. The van der Waals surface area contributed by atoms with Crippen molar-refractivity contribution in [3.63, 3.8) is 0 Å². The van der Waals surface area contributed by atoms with E-state index in [1.807, 2.05) is 36.7 Å². The smallest absolute Gasteiger partial charge is 0.240 e. The molecule has 0 saturated carbocycles. The molecule has 0 aliphatic heterocycles. The Balaban J connectivity index is 1.41. The van der Waals surface area contributed by atoms with Crippen molar-refractivity contribution >= 4 is 22.7 Å². The van der Waals surface area contributed by atoms with E-state index in [1.54, 1.807) is 6.08 Å². The number of aromatic amines is 1. The zero-order valence-corrected chi connectivity index (χ0v) is 23.4. The first-order chi connectivity index (χ1) is 19.6. The number of pyridine rings is 1. The minimum absolute atomic E-state index is 0.631. The van der Waals surface area contributed by atoms with E-state index in [0.717, 1.165) is 61.9 Å². The molecular formula is C35H36N4O. The summed E-state index contributed by atoms with van der Waals surface area (Å²) >= 11 is 0. The molecule has 0 radical (unpaired) electrons. The summed E-state index contributed by atoms with van der Waals surface area (Å²) in [5.74, 6) is 0. The highest BCUT2D eigenvalue weighted by atomic mass is 16.1. The Morgan fingerprint density at radius 2 is 1.65 bits per heavy atom. The van der Waals surface area contributed by atoms with Gasteiger partial charge in [0.2, 0.25) is 6.08 Å². The van der Waals surface area contributed by atoms with Gasteiger partial charge in [0.15, 0.2) is 0 Å². The van der Waals surface area contributed by atoms with Crippen LogP contribution in [-0.4, -0.2) is 34.0 Å². The molecule has 1 N–H and O–H groups in total. The number of carbonyl (C=O) groups excluding carboxylic acids is 1. The monoisotopic (exact) mass is 528 g/mol. The van der Waals surface area contributed by atoms with E-state index in [9.17, 15) is 4.79 Å². The second-order valence-corrected chi connectivity index (χ2v) is 10.6. The molecule has 0 unspecified atom stereocenters. The van der Waals surface area contributed by atoms with Crippen LogP contribution in [0.5, 0.6) is 0 Å². The number of rotatable bonds is 12. The molecule has 0 fully saturated rings. The lowest BCUT2D eigenvalue weighted by Gasteiger charge is -2.23. The van der Waals surface area contributed by atoms with Crippen LogP contribution in [0.1, 0.15) is 40.7 Å². The third-order valence-electron chi connectivity index (χ3n) is 7.41. The summed E-state index contributed by atoms with van der Waals surface area (Å²) in [6.07, 6.45) is 9.67. The average molecular weight is 529 g/mol. The van der Waals surface area contributed by atoms with Crippen LogP contribution in [0.15, 0.2) is 96.2 Å². The largest absolute Gasteiger partial charge is 0.354 e. The predicted molar refractivity (Wildman–Crippen MR) is 164 cm³/mol. The molecule has 0 bridgehead atoms. The zero-order valence-electron chi connectivity index (χ0n) is 23.4. The van der Waals surface area contributed by atoms with Gasteiger partial charge in [0, 0.05) is 42.1 Å². The molecule has 2 aromatic heterocycles. The number of unbranched alkanes of at least 4 members (excludes halogenated alkanes) is 1. The lowest BCUT2D eigenvalue weighted by Crippen LogP contribution is -2.27. The molecule has 0 saturated heterocycles. The number of nitrogens with zero attached hydrogens (tertiary/aromatic N) is 3. The van der Waals surface area contributed by atoms with Gasteiger partial charge in [-0.3, -0.25) is 9.88 Å². The first-order valence-electron chi connectivity index (χ1n) is 14.1. The normalized spacial score (nSPS) is 11.2. The Hall–Kier alpha value is -4.31. The standard InChI is InChI=1S/C35H36N4O/c1-26-19-27(2)21-30(20-26)35-32(33-22-31(37-25-40)13-14-34(33)38-35)15-18-39(24-29-10-4-3-5-11-29)17-7-6-9-28-12-8-16-36-23-28/h3-5,8,10-14,16,19-23,38H,6-7,9,15,17-18,24H2,1-2H3. The van der Waals surface area contributed by atoms with Crippen molar-refractivity contribution in [2.45, 2.75) is 46.1 Å². The van der Waals surface area contributed by atoms with E-state index in [0.29, 0.717) is 5.69 Å². The van der Waals surface area contributed by atoms with E-state index in [-0.39, 0.29) is 0 Å². The molecule has 0 amide bonds. The lowest BCUT2D eigenvalue weighted by molar-refractivity contribution is 0.263. The Bertz CT molecular complexity index is 1580. The van der Waals surface area contributed by atoms with Gasteiger partial charge in [0.05, 0.1) is 5.69 Å². The zero-order chi connectivity index (χ0) is 27.7. The Morgan fingerprint density at radius 1 is 0.850 bits per heavy atom. The fourth-order valence-corrected chi connectivity index (χ4v) is 5.58. The van der Waals surface area contributed by atoms with E-state index in [4.69, 9.17) is 0 Å². The summed E-state index contributed by atoms with van der Waals surface area (Å²) < 4.78 is 0. The van der Waals surface area contributed by atoms with Crippen molar-refractivity contribution in [2.24, 2.45) is 4.99 Å². The van der Waals surface area contributed by atoms with Gasteiger partial charge in [-0.15, -0.1) is 0 Å². The highest BCUT2D eigenvalue weighted by Crippen LogP contribution is 2.34. The Kier molecular flexibility index (Phi) is 8.97. The fraction of sp³-hybridized carbons (Fsp3) is 0.257. The molecule has 2 heterocycles. The molecule has 0 aliphatic carbocycles. The number of hydrogen-bond donors (Lipinski definition) is 1. The summed E-state index contributed by atoms with van der Waals surface area (Å²) in [7, 11) is 0. The molecule has 5 aromatic rings. The van der Waals surface area contributed by atoms with Crippen molar-refractivity contribution < 1.29 is 4.79 Å². The van der Waals surface area contributed by atoms with Crippen molar-refractivity contribution in [1.29, 1.82) is 0 Å². The van der Waals surface area contributed by atoms with Gasteiger partial charge in [-0.2, -0.15) is 4.99 Å². The molecule has 202 valence electrons. The van der Waals surface area contributed by atoms with Crippen LogP contribution in [-0.2, 0) is 24.2 Å². The van der Waals surface area contributed by atoms with E-state index in [1.165, 1.54) is 33.4 Å². The van der Waals surface area contributed by atoms with Crippen LogP contribution in [0.3, 0.4) is 0 Å². The summed E-state index contributed by atoms with van der Waals surface area (Å²) in [6.45, 7) is 7.14. The summed E-state index contributed by atoms with van der Waals surface area (Å²) in [5, 5.41) is 1.11. The Labute approximate surface area is 236 Å². The molecular weight excluding hydrogens is 492 g/mol. The lowest BCUT2D eigenvalue weighted by atomic mass is 9.99. The fourth-order valence-electron chi connectivity index (χ4n) is 5.58. The molecule has 0 spiro atoms. The van der Waals surface area contributed by atoms with Gasteiger partial charge in [0.1, 0.15) is 0 Å². The number of aromatic nitrogens is 2. The molecule has 5 rings (SSSR count). The SMILES string of the molecule is Cc1cc(C)cc(-c2[nH]c3ccc(N=C=O)cc3c2CCN(CCCCc2cccnc2)Cc2ccccc2)c1. The number of H-pyrrole nitrogens is 1. The number of fused-ring (bicyclic) bond motifs is 1. The molecule has 40 heavy (non-hydrogen) atoms. The maximum Gasteiger partial charge on any atom is 0.240 e. The molecule has 3 aromatic carbocycles. The van der Waals surface area contributed by atoms with Gasteiger partial charge < -0.3 is 4.98 Å². The van der Waals surface area contributed by atoms with Crippen LogP contribution < -0.4 is 0 Å². The summed E-state index contributed by atoms with van der Waals surface area (Å²) in [4.78, 5) is 25.4. The minimum atomic E-state index is 0.631. The minimum Gasteiger partial charge on any atom is -0.354 e. The molecule has 5 nitrogen and oxygen atoms in total. The van der Waals surface area contributed by atoms with Gasteiger partial charge in [-0.25, -0.2) is 4.79 Å². The van der Waals surface area contributed by atoms with Crippen LogP contribution in [0.4, 0.5) is 5.69 Å². The summed E-state index contributed by atoms with van der Waals surface area (Å²) in [6, 6.07) is 27.5. The number of benzene rings is 3. The Morgan fingerprint density at radius 3 is 2.40 bits per heavy atom. The van der Waals surface area contributed by atoms with Gasteiger partial charge in [-0.1, -0.05) is 53.6 Å². The van der Waals surface area contributed by atoms with E-state index < -0.39 is 0 Å². The van der Waals surface area contributed by atoms with Gasteiger partial charge in [0.25, 0.3) is 0 Å². The van der Waals surface area contributed by atoms with Crippen LogP contribution >= 0.6 is 0 Å². The van der Waals surface area contributed by atoms with Crippen molar-refractivity contribution in [2.75, 3.05) is 13.1 Å². The number of aliphatic imine (C=N–C) groups is 1. The first kappa shape index (κ1) is 27.3. The highest BCUT2D eigenvalue weighted by Gasteiger charge is 2.16. The van der Waals surface area contributed by atoms with Crippen LogP contribution in [0.2, 0.25) is 0 Å². The van der Waals surface area contributed by atoms with E-state index >= 15 is 0 Å². The molecule has 0 aliphatic rings. The van der Waals surface area contributed by atoms with Crippen molar-refractivity contribution in [3.8, 4) is 11.3 Å². The van der Waals surface area contributed by atoms with Crippen LogP contribution in [0.25, 0.3) is 22.2 Å². The number of aryl methyl sites for hydroxylation is 3. The van der Waals surface area contributed by atoms with Crippen molar-refractivity contribution in [1.82, 2.24) is 14.9 Å². The summed E-state index contributed by atoms with van der Waals surface area (Å²) in [5.41, 5.74) is 10.4. The van der Waals surface area contributed by atoms with Crippen LogP contribution in [0, 0.1) is 13.8 Å². The van der Waals surface area contributed by atoms with E-state index in [2.05, 4.69) is 88.3 Å². The number of isocyanates is 1.